The standard InChI is InChI=1S/C16H22O5/c1-3-21-16(18)9-6-14(10-17)12-20-11-13-4-7-15(19-2)8-5-13/h4-9,14,17H,3,10-12H2,1-2H3/b9-6+/t14-/m1/s1. The van der Waals surface area contributed by atoms with Crippen molar-refractivity contribution in [3.8, 4) is 5.75 Å². The Balaban J connectivity index is 2.35. The summed E-state index contributed by atoms with van der Waals surface area (Å²) in [5.74, 6) is 0.156. The molecule has 0 radical (unpaired) electrons. The van der Waals surface area contributed by atoms with Crippen molar-refractivity contribution in [3.63, 3.8) is 0 Å². The van der Waals surface area contributed by atoms with Crippen molar-refractivity contribution in [1.29, 1.82) is 0 Å². The van der Waals surface area contributed by atoms with Crippen molar-refractivity contribution in [2.75, 3.05) is 26.9 Å². The first-order valence-corrected chi connectivity index (χ1v) is 6.86. The number of aliphatic hydroxyl groups excluding tert-OH is 1. The van der Waals surface area contributed by atoms with E-state index in [-0.39, 0.29) is 12.5 Å². The van der Waals surface area contributed by atoms with Gasteiger partial charge in [0, 0.05) is 12.0 Å². The van der Waals surface area contributed by atoms with Crippen LogP contribution in [0, 0.1) is 5.92 Å². The van der Waals surface area contributed by atoms with Gasteiger partial charge in [-0.3, -0.25) is 0 Å². The first-order chi connectivity index (χ1) is 10.2. The average Bonchev–Trinajstić information content (AvgIpc) is 2.51. The van der Waals surface area contributed by atoms with Gasteiger partial charge in [0.2, 0.25) is 0 Å². The smallest absolute Gasteiger partial charge is 0.330 e. The molecule has 1 aromatic carbocycles. The van der Waals surface area contributed by atoms with Crippen molar-refractivity contribution >= 4 is 5.97 Å². The highest BCUT2D eigenvalue weighted by Crippen LogP contribution is 2.12. The average molecular weight is 294 g/mol. The Labute approximate surface area is 125 Å². The van der Waals surface area contributed by atoms with E-state index in [1.807, 2.05) is 24.3 Å². The quantitative estimate of drug-likeness (QED) is 0.557. The zero-order valence-electron chi connectivity index (χ0n) is 12.5. The van der Waals surface area contributed by atoms with E-state index in [9.17, 15) is 9.90 Å². The number of methoxy groups -OCH3 is 1. The molecule has 116 valence electrons. The topological polar surface area (TPSA) is 65.0 Å². The van der Waals surface area contributed by atoms with Gasteiger partial charge in [-0.2, -0.15) is 0 Å². The molecule has 0 aliphatic heterocycles. The maximum atomic E-state index is 11.2. The Morgan fingerprint density at radius 1 is 1.33 bits per heavy atom. The molecule has 0 saturated carbocycles. The lowest BCUT2D eigenvalue weighted by Gasteiger charge is -2.10. The van der Waals surface area contributed by atoms with Gasteiger partial charge in [-0.15, -0.1) is 0 Å². The molecule has 0 saturated heterocycles. The number of carbonyl (C=O) groups excluding carboxylic acids is 1. The normalized spacial score (nSPS) is 12.3. The van der Waals surface area contributed by atoms with Gasteiger partial charge >= 0.3 is 5.97 Å². The van der Waals surface area contributed by atoms with E-state index < -0.39 is 5.97 Å². The maximum Gasteiger partial charge on any atom is 0.330 e. The molecule has 0 spiro atoms. The molecule has 1 N–H and O–H groups in total. The van der Waals surface area contributed by atoms with Gasteiger partial charge in [0.15, 0.2) is 0 Å². The lowest BCUT2D eigenvalue weighted by molar-refractivity contribution is -0.137. The number of hydrogen-bond acceptors (Lipinski definition) is 5. The van der Waals surface area contributed by atoms with Crippen LogP contribution in [0.5, 0.6) is 5.75 Å². The number of rotatable bonds is 9. The highest BCUT2D eigenvalue weighted by atomic mass is 16.5. The van der Waals surface area contributed by atoms with Crippen LogP contribution in [-0.4, -0.2) is 38.0 Å². The second-order valence-corrected chi connectivity index (χ2v) is 4.42. The maximum absolute atomic E-state index is 11.2. The van der Waals surface area contributed by atoms with Crippen molar-refractivity contribution in [2.24, 2.45) is 5.92 Å². The highest BCUT2D eigenvalue weighted by molar-refractivity contribution is 5.81. The van der Waals surface area contributed by atoms with Crippen LogP contribution in [0.4, 0.5) is 0 Å². The monoisotopic (exact) mass is 294 g/mol. The number of benzene rings is 1. The summed E-state index contributed by atoms with van der Waals surface area (Å²) in [4.78, 5) is 11.2. The van der Waals surface area contributed by atoms with E-state index >= 15 is 0 Å². The molecule has 1 aromatic rings. The SMILES string of the molecule is CCOC(=O)/C=C/[C@H](CO)COCc1ccc(OC)cc1. The van der Waals surface area contributed by atoms with Gasteiger partial charge in [0.25, 0.3) is 0 Å². The molecule has 0 aromatic heterocycles. The second-order valence-electron chi connectivity index (χ2n) is 4.42. The molecular weight excluding hydrogens is 272 g/mol. The van der Waals surface area contributed by atoms with E-state index in [0.29, 0.717) is 19.8 Å². The Bertz CT molecular complexity index is 438. The second kappa shape index (κ2) is 9.96. The summed E-state index contributed by atoms with van der Waals surface area (Å²) < 4.78 is 15.4. The summed E-state index contributed by atoms with van der Waals surface area (Å²) in [7, 11) is 1.62. The molecule has 0 aliphatic rings. The first kappa shape index (κ1) is 17.2. The molecule has 0 fully saturated rings. The zero-order chi connectivity index (χ0) is 15.5. The predicted octanol–water partition coefficient (Wildman–Crippen LogP) is 1.94. The Kier molecular flexibility index (Phi) is 8.16. The third-order valence-corrected chi connectivity index (χ3v) is 2.79. The largest absolute Gasteiger partial charge is 0.497 e. The van der Waals surface area contributed by atoms with Crippen LogP contribution in [-0.2, 0) is 20.9 Å². The van der Waals surface area contributed by atoms with Crippen molar-refractivity contribution in [2.45, 2.75) is 13.5 Å². The fourth-order valence-corrected chi connectivity index (χ4v) is 1.62. The molecule has 5 nitrogen and oxygen atoms in total. The van der Waals surface area contributed by atoms with Crippen LogP contribution in [0.3, 0.4) is 0 Å². The Morgan fingerprint density at radius 3 is 2.62 bits per heavy atom. The number of carbonyl (C=O) groups is 1. The van der Waals surface area contributed by atoms with Crippen LogP contribution in [0.2, 0.25) is 0 Å². The minimum atomic E-state index is -0.411. The zero-order valence-corrected chi connectivity index (χ0v) is 12.5. The minimum Gasteiger partial charge on any atom is -0.497 e. The lowest BCUT2D eigenvalue weighted by Crippen LogP contribution is -2.12. The number of aliphatic hydroxyl groups is 1. The van der Waals surface area contributed by atoms with Crippen molar-refractivity contribution in [1.82, 2.24) is 0 Å². The molecule has 0 aliphatic carbocycles. The van der Waals surface area contributed by atoms with E-state index in [0.717, 1.165) is 11.3 Å². The van der Waals surface area contributed by atoms with E-state index in [4.69, 9.17) is 14.2 Å². The molecule has 1 rings (SSSR count). The summed E-state index contributed by atoms with van der Waals surface area (Å²) in [5.41, 5.74) is 1.02. The van der Waals surface area contributed by atoms with Crippen molar-refractivity contribution < 1.29 is 24.1 Å². The third-order valence-electron chi connectivity index (χ3n) is 2.79. The van der Waals surface area contributed by atoms with Crippen LogP contribution < -0.4 is 4.74 Å². The molecule has 0 heterocycles. The fourth-order valence-electron chi connectivity index (χ4n) is 1.62. The van der Waals surface area contributed by atoms with Gasteiger partial charge in [-0.05, 0) is 24.6 Å². The van der Waals surface area contributed by atoms with E-state index in [1.165, 1.54) is 6.08 Å². The summed E-state index contributed by atoms with van der Waals surface area (Å²) >= 11 is 0. The Morgan fingerprint density at radius 2 is 2.05 bits per heavy atom. The highest BCUT2D eigenvalue weighted by Gasteiger charge is 2.05. The molecular formula is C16H22O5. The van der Waals surface area contributed by atoms with Gasteiger partial charge in [0.1, 0.15) is 5.75 Å². The van der Waals surface area contributed by atoms with E-state index in [2.05, 4.69) is 0 Å². The fraction of sp³-hybridized carbons (Fsp3) is 0.438. The molecule has 0 bridgehead atoms. The third kappa shape index (κ3) is 6.92. The number of hydrogen-bond donors (Lipinski definition) is 1. The van der Waals surface area contributed by atoms with Crippen LogP contribution in [0.15, 0.2) is 36.4 Å². The van der Waals surface area contributed by atoms with Gasteiger partial charge in [-0.25, -0.2) is 4.79 Å². The molecule has 5 heteroatoms. The number of esters is 1. The summed E-state index contributed by atoms with van der Waals surface area (Å²) in [5, 5.41) is 9.23. The first-order valence-electron chi connectivity index (χ1n) is 6.86. The van der Waals surface area contributed by atoms with Crippen molar-refractivity contribution in [3.05, 3.63) is 42.0 Å². The minimum absolute atomic E-state index is 0.0848. The summed E-state index contributed by atoms with van der Waals surface area (Å²) in [6.45, 7) is 2.76. The van der Waals surface area contributed by atoms with E-state index in [1.54, 1.807) is 20.1 Å². The van der Waals surface area contributed by atoms with Gasteiger partial charge in [0.05, 0.1) is 33.5 Å². The number of ether oxygens (including phenoxy) is 3. The lowest BCUT2D eigenvalue weighted by atomic mass is 10.1. The van der Waals surface area contributed by atoms with Gasteiger partial charge in [-0.1, -0.05) is 18.2 Å². The van der Waals surface area contributed by atoms with Crippen LogP contribution in [0.25, 0.3) is 0 Å². The van der Waals surface area contributed by atoms with Crippen LogP contribution in [0.1, 0.15) is 12.5 Å². The van der Waals surface area contributed by atoms with Crippen LogP contribution >= 0.6 is 0 Å². The predicted molar refractivity (Wildman–Crippen MR) is 79.0 cm³/mol. The molecule has 1 atom stereocenters. The summed E-state index contributed by atoms with van der Waals surface area (Å²) in [6, 6.07) is 7.56. The Hall–Kier alpha value is -1.85. The summed E-state index contributed by atoms with van der Waals surface area (Å²) in [6.07, 6.45) is 2.92. The van der Waals surface area contributed by atoms with Gasteiger partial charge < -0.3 is 19.3 Å². The molecule has 0 unspecified atom stereocenters. The molecule has 0 amide bonds. The molecule has 21 heavy (non-hydrogen) atoms.